The molecule has 0 saturated carbocycles. The van der Waals surface area contributed by atoms with Crippen molar-refractivity contribution < 1.29 is 0 Å². The Hall–Kier alpha value is -1.32. The van der Waals surface area contributed by atoms with Gasteiger partial charge in [-0.15, -0.1) is 0 Å². The van der Waals surface area contributed by atoms with Crippen molar-refractivity contribution in [2.45, 2.75) is 25.8 Å². The van der Waals surface area contributed by atoms with Gasteiger partial charge >= 0.3 is 0 Å². The molecule has 1 fully saturated rings. The van der Waals surface area contributed by atoms with Crippen molar-refractivity contribution in [1.82, 2.24) is 15.2 Å². The van der Waals surface area contributed by atoms with E-state index in [0.717, 1.165) is 26.2 Å². The van der Waals surface area contributed by atoms with Crippen LogP contribution in [0.1, 0.15) is 31.4 Å². The molecule has 3 nitrogen and oxygen atoms in total. The van der Waals surface area contributed by atoms with E-state index < -0.39 is 0 Å². The van der Waals surface area contributed by atoms with Crippen molar-refractivity contribution in [1.29, 1.82) is 0 Å². The van der Waals surface area contributed by atoms with Gasteiger partial charge in [0.05, 0.1) is 0 Å². The van der Waals surface area contributed by atoms with Gasteiger partial charge in [-0.1, -0.05) is 25.5 Å². The number of nitrogens with zero attached hydrogens (tertiary/aromatic N) is 1. The number of hydrogen-bond donors (Lipinski definition) is 2. The number of fused-ring (bicyclic) bond motifs is 1. The molecule has 0 unspecified atom stereocenters. The molecule has 1 atom stereocenters. The van der Waals surface area contributed by atoms with Gasteiger partial charge in [-0.25, -0.2) is 0 Å². The Morgan fingerprint density at radius 1 is 1.21 bits per heavy atom. The van der Waals surface area contributed by atoms with E-state index in [2.05, 4.69) is 52.6 Å². The van der Waals surface area contributed by atoms with Crippen molar-refractivity contribution in [3.63, 3.8) is 0 Å². The van der Waals surface area contributed by atoms with Crippen LogP contribution in [0, 0.1) is 0 Å². The third kappa shape index (κ3) is 2.53. The molecule has 102 valence electrons. The van der Waals surface area contributed by atoms with Crippen LogP contribution in [-0.2, 0) is 0 Å². The van der Waals surface area contributed by atoms with Crippen molar-refractivity contribution in [3.05, 3.63) is 36.0 Å². The van der Waals surface area contributed by atoms with Gasteiger partial charge < -0.3 is 10.3 Å². The largest absolute Gasteiger partial charge is 0.361 e. The molecule has 2 heterocycles. The molecule has 0 bridgehead atoms. The quantitative estimate of drug-likeness (QED) is 0.882. The molecule has 19 heavy (non-hydrogen) atoms. The average Bonchev–Trinajstić information content (AvgIpc) is 2.94. The van der Waals surface area contributed by atoms with E-state index in [4.69, 9.17) is 0 Å². The molecule has 0 aliphatic carbocycles. The molecule has 1 saturated heterocycles. The van der Waals surface area contributed by atoms with E-state index in [-0.39, 0.29) is 0 Å². The molecule has 3 heteroatoms. The van der Waals surface area contributed by atoms with Crippen molar-refractivity contribution in [2.24, 2.45) is 0 Å². The highest BCUT2D eigenvalue weighted by Crippen LogP contribution is 2.31. The van der Waals surface area contributed by atoms with Crippen LogP contribution in [0.4, 0.5) is 0 Å². The van der Waals surface area contributed by atoms with Gasteiger partial charge in [-0.3, -0.25) is 4.90 Å². The summed E-state index contributed by atoms with van der Waals surface area (Å²) in [5, 5.41) is 4.84. The fraction of sp³-hybridized carbons (Fsp3) is 0.500. The highest BCUT2D eigenvalue weighted by atomic mass is 15.2. The summed E-state index contributed by atoms with van der Waals surface area (Å²) in [6.45, 7) is 6.83. The standard InChI is InChI=1S/C16H23N3/c1-2-4-16(19-11-9-17-10-12-19)14-5-3-6-15-13(14)7-8-18-15/h3,5-8,16-18H,2,4,9-12H2,1H3/t16-/m1/s1. The molecule has 0 amide bonds. The third-order valence-corrected chi connectivity index (χ3v) is 4.14. The number of aromatic nitrogens is 1. The maximum absolute atomic E-state index is 3.45. The zero-order chi connectivity index (χ0) is 13.1. The van der Waals surface area contributed by atoms with Crippen LogP contribution in [-0.4, -0.2) is 36.1 Å². The summed E-state index contributed by atoms with van der Waals surface area (Å²) in [5.41, 5.74) is 2.75. The number of aromatic amines is 1. The summed E-state index contributed by atoms with van der Waals surface area (Å²) < 4.78 is 0. The van der Waals surface area contributed by atoms with Gasteiger partial charge in [-0.2, -0.15) is 0 Å². The minimum Gasteiger partial charge on any atom is -0.361 e. The van der Waals surface area contributed by atoms with Crippen molar-refractivity contribution >= 4 is 10.9 Å². The lowest BCUT2D eigenvalue weighted by atomic mass is 9.96. The molecule has 0 radical (unpaired) electrons. The Labute approximate surface area is 115 Å². The second-order valence-corrected chi connectivity index (χ2v) is 5.38. The van der Waals surface area contributed by atoms with Crippen LogP contribution in [0.3, 0.4) is 0 Å². The normalized spacial score (nSPS) is 18.8. The lowest BCUT2D eigenvalue weighted by Crippen LogP contribution is -2.45. The van der Waals surface area contributed by atoms with Crippen LogP contribution < -0.4 is 5.32 Å². The zero-order valence-corrected chi connectivity index (χ0v) is 11.7. The van der Waals surface area contributed by atoms with Gasteiger partial charge in [-0.05, 0) is 24.1 Å². The van der Waals surface area contributed by atoms with Gasteiger partial charge in [0.15, 0.2) is 0 Å². The fourth-order valence-corrected chi connectivity index (χ4v) is 3.20. The van der Waals surface area contributed by atoms with Crippen LogP contribution in [0.15, 0.2) is 30.5 Å². The lowest BCUT2D eigenvalue weighted by Gasteiger charge is -2.35. The van der Waals surface area contributed by atoms with Gasteiger partial charge in [0, 0.05) is 49.3 Å². The second kappa shape index (κ2) is 5.76. The lowest BCUT2D eigenvalue weighted by molar-refractivity contribution is 0.165. The predicted molar refractivity (Wildman–Crippen MR) is 80.4 cm³/mol. The Morgan fingerprint density at radius 2 is 2.05 bits per heavy atom. The minimum absolute atomic E-state index is 0.562. The summed E-state index contributed by atoms with van der Waals surface area (Å²) in [7, 11) is 0. The van der Waals surface area contributed by atoms with Crippen molar-refractivity contribution in [2.75, 3.05) is 26.2 Å². The monoisotopic (exact) mass is 257 g/mol. The Kier molecular flexibility index (Phi) is 3.85. The van der Waals surface area contributed by atoms with E-state index >= 15 is 0 Å². The molecule has 2 aromatic rings. The number of hydrogen-bond acceptors (Lipinski definition) is 2. The van der Waals surface area contributed by atoms with Gasteiger partial charge in [0.1, 0.15) is 0 Å². The molecule has 2 N–H and O–H groups in total. The fourth-order valence-electron chi connectivity index (χ4n) is 3.20. The number of piperazine rings is 1. The van der Waals surface area contributed by atoms with Gasteiger partial charge in [0.25, 0.3) is 0 Å². The molecule has 1 aliphatic heterocycles. The molecular formula is C16H23N3. The first-order valence-electron chi connectivity index (χ1n) is 7.41. The Morgan fingerprint density at radius 3 is 2.84 bits per heavy atom. The molecule has 3 rings (SSSR count). The van der Waals surface area contributed by atoms with Crippen LogP contribution in [0.2, 0.25) is 0 Å². The van der Waals surface area contributed by atoms with Gasteiger partial charge in [0.2, 0.25) is 0 Å². The summed E-state index contributed by atoms with van der Waals surface area (Å²) in [6, 6.07) is 9.43. The summed E-state index contributed by atoms with van der Waals surface area (Å²) in [6.07, 6.45) is 4.52. The number of rotatable bonds is 4. The Bertz CT molecular complexity index is 526. The molecule has 1 aromatic heterocycles. The highest BCUT2D eigenvalue weighted by Gasteiger charge is 2.22. The molecule has 1 aliphatic rings. The Balaban J connectivity index is 1.96. The molecular weight excluding hydrogens is 234 g/mol. The number of H-pyrrole nitrogens is 1. The number of benzene rings is 1. The summed E-state index contributed by atoms with van der Waals surface area (Å²) >= 11 is 0. The topological polar surface area (TPSA) is 31.1 Å². The summed E-state index contributed by atoms with van der Waals surface area (Å²) in [5.74, 6) is 0. The third-order valence-electron chi connectivity index (χ3n) is 4.14. The first-order valence-corrected chi connectivity index (χ1v) is 7.41. The van der Waals surface area contributed by atoms with E-state index in [0.29, 0.717) is 6.04 Å². The predicted octanol–water partition coefficient (Wildman–Crippen LogP) is 2.91. The maximum atomic E-state index is 3.45. The second-order valence-electron chi connectivity index (χ2n) is 5.38. The number of nitrogens with one attached hydrogen (secondary N) is 2. The SMILES string of the molecule is CCC[C@H](c1cccc2[nH]ccc12)N1CCNCC1. The van der Waals surface area contributed by atoms with E-state index in [9.17, 15) is 0 Å². The van der Waals surface area contributed by atoms with Crippen LogP contribution in [0.5, 0.6) is 0 Å². The zero-order valence-electron chi connectivity index (χ0n) is 11.7. The smallest absolute Gasteiger partial charge is 0.0457 e. The first kappa shape index (κ1) is 12.7. The van der Waals surface area contributed by atoms with E-state index in [1.165, 1.54) is 29.3 Å². The minimum atomic E-state index is 0.562. The van der Waals surface area contributed by atoms with Crippen LogP contribution in [0.25, 0.3) is 10.9 Å². The summed E-state index contributed by atoms with van der Waals surface area (Å²) in [4.78, 5) is 5.97. The van der Waals surface area contributed by atoms with E-state index in [1.807, 2.05) is 0 Å². The average molecular weight is 257 g/mol. The molecule has 0 spiro atoms. The highest BCUT2D eigenvalue weighted by molar-refractivity contribution is 5.83. The van der Waals surface area contributed by atoms with Crippen molar-refractivity contribution in [3.8, 4) is 0 Å². The first-order chi connectivity index (χ1) is 9.40. The van der Waals surface area contributed by atoms with Crippen LogP contribution >= 0.6 is 0 Å². The van der Waals surface area contributed by atoms with E-state index in [1.54, 1.807) is 0 Å². The molecule has 1 aromatic carbocycles. The maximum Gasteiger partial charge on any atom is 0.0457 e.